The summed E-state index contributed by atoms with van der Waals surface area (Å²) in [4.78, 5) is 16.2. The van der Waals surface area contributed by atoms with Crippen molar-refractivity contribution < 1.29 is 13.2 Å². The second-order valence-corrected chi connectivity index (χ2v) is 9.37. The van der Waals surface area contributed by atoms with Gasteiger partial charge in [0, 0.05) is 23.6 Å². The number of benzene rings is 2. The van der Waals surface area contributed by atoms with E-state index in [-0.39, 0.29) is 16.8 Å². The van der Waals surface area contributed by atoms with Crippen LogP contribution >= 0.6 is 11.3 Å². The molecule has 0 saturated heterocycles. The van der Waals surface area contributed by atoms with E-state index in [2.05, 4.69) is 20.1 Å². The lowest BCUT2D eigenvalue weighted by Crippen LogP contribution is -2.15. The van der Waals surface area contributed by atoms with Gasteiger partial charge in [0.1, 0.15) is 0 Å². The Kier molecular flexibility index (Phi) is 5.04. The number of nitrogens with zero attached hydrogens (tertiary/aromatic N) is 3. The lowest BCUT2D eigenvalue weighted by Gasteiger charge is -2.08. The van der Waals surface area contributed by atoms with E-state index in [1.165, 1.54) is 18.3 Å². The lowest BCUT2D eigenvalue weighted by atomic mass is 10.1. The molecular formula is C20H19N5O3S2. The fourth-order valence-electron chi connectivity index (χ4n) is 3.13. The van der Waals surface area contributed by atoms with Gasteiger partial charge in [0.05, 0.1) is 10.6 Å². The summed E-state index contributed by atoms with van der Waals surface area (Å²) in [5.41, 5.74) is 3.97. The van der Waals surface area contributed by atoms with Crippen molar-refractivity contribution >= 4 is 43.9 Å². The average Bonchev–Trinajstić information content (AvgIpc) is 3.21. The first-order valence-corrected chi connectivity index (χ1v) is 11.4. The Bertz CT molecular complexity index is 1360. The molecule has 2 heterocycles. The van der Waals surface area contributed by atoms with Crippen LogP contribution in [0, 0.1) is 13.8 Å². The van der Waals surface area contributed by atoms with Crippen molar-refractivity contribution in [2.24, 2.45) is 0 Å². The molecule has 0 aliphatic heterocycles. The van der Waals surface area contributed by atoms with Crippen LogP contribution in [0.2, 0.25) is 0 Å². The topological polar surface area (TPSA) is 105 Å². The molecule has 0 unspecified atom stereocenters. The number of fused-ring (bicyclic) bond motifs is 1. The maximum atomic E-state index is 12.8. The zero-order valence-electron chi connectivity index (χ0n) is 16.5. The zero-order chi connectivity index (χ0) is 21.5. The van der Waals surface area contributed by atoms with Crippen LogP contribution in [0.5, 0.6) is 0 Å². The van der Waals surface area contributed by atoms with Gasteiger partial charge in [-0.15, -0.1) is 16.4 Å². The minimum Gasteiger partial charge on any atom is -0.326 e. The molecule has 0 radical (unpaired) electrons. The van der Waals surface area contributed by atoms with Crippen LogP contribution in [0.4, 0.5) is 11.6 Å². The van der Waals surface area contributed by atoms with Crippen LogP contribution in [0.25, 0.3) is 16.2 Å². The van der Waals surface area contributed by atoms with Crippen molar-refractivity contribution in [2.45, 2.75) is 25.7 Å². The van der Waals surface area contributed by atoms with Gasteiger partial charge >= 0.3 is 0 Å². The lowest BCUT2D eigenvalue weighted by molar-refractivity contribution is -0.114. The van der Waals surface area contributed by atoms with Crippen molar-refractivity contribution in [3.8, 4) is 11.3 Å². The predicted molar refractivity (Wildman–Crippen MR) is 117 cm³/mol. The molecule has 8 nitrogen and oxygen atoms in total. The Labute approximate surface area is 177 Å². The van der Waals surface area contributed by atoms with Gasteiger partial charge in [-0.3, -0.25) is 4.79 Å². The van der Waals surface area contributed by atoms with Crippen molar-refractivity contribution in [3.63, 3.8) is 0 Å². The molecule has 4 rings (SSSR count). The molecule has 2 N–H and O–H groups in total. The van der Waals surface area contributed by atoms with E-state index in [4.69, 9.17) is 0 Å². The van der Waals surface area contributed by atoms with E-state index in [0.29, 0.717) is 16.2 Å². The summed E-state index contributed by atoms with van der Waals surface area (Å²) < 4.78 is 29.6. The molecular weight excluding hydrogens is 422 g/mol. The number of amides is 1. The number of rotatable bonds is 5. The maximum absolute atomic E-state index is 12.8. The number of carbonyl (C=O) groups is 1. The molecule has 0 aliphatic rings. The predicted octanol–water partition coefficient (Wildman–Crippen LogP) is 3.83. The molecule has 4 aromatic rings. The highest BCUT2D eigenvalue weighted by atomic mass is 32.2. The first kappa shape index (κ1) is 20.0. The Balaban J connectivity index is 1.64. The summed E-state index contributed by atoms with van der Waals surface area (Å²) in [5, 5.41) is 8.95. The van der Waals surface area contributed by atoms with E-state index >= 15 is 0 Å². The summed E-state index contributed by atoms with van der Waals surface area (Å²) in [6.45, 7) is 5.11. The van der Waals surface area contributed by atoms with E-state index in [1.54, 1.807) is 35.7 Å². The van der Waals surface area contributed by atoms with E-state index in [1.807, 2.05) is 30.5 Å². The van der Waals surface area contributed by atoms with Gasteiger partial charge in [-0.25, -0.2) is 17.7 Å². The van der Waals surface area contributed by atoms with Crippen molar-refractivity contribution in [3.05, 3.63) is 59.0 Å². The normalized spacial score (nSPS) is 11.6. The molecule has 30 heavy (non-hydrogen) atoms. The number of sulfonamides is 1. The van der Waals surface area contributed by atoms with Crippen molar-refractivity contribution in [2.75, 3.05) is 10.0 Å². The third-order valence-electron chi connectivity index (χ3n) is 4.43. The molecule has 0 spiro atoms. The second kappa shape index (κ2) is 7.54. The van der Waals surface area contributed by atoms with E-state index in [9.17, 15) is 13.2 Å². The molecule has 2 aromatic heterocycles. The molecule has 1 amide bonds. The molecule has 0 aliphatic carbocycles. The molecule has 0 bridgehead atoms. The fraction of sp³-hybridized carbons (Fsp3) is 0.150. The highest BCUT2D eigenvalue weighted by Crippen LogP contribution is 2.28. The number of anilines is 2. The third kappa shape index (κ3) is 3.91. The largest absolute Gasteiger partial charge is 0.326 e. The van der Waals surface area contributed by atoms with Gasteiger partial charge in [-0.05, 0) is 37.6 Å². The van der Waals surface area contributed by atoms with Gasteiger partial charge in [-0.2, -0.15) is 4.98 Å². The SMILES string of the molecule is CC(=O)Nc1ccc(-c2csc3nc(NS(=O)(=O)c4ccc(C)cc4C)nn23)cc1. The van der Waals surface area contributed by atoms with Gasteiger partial charge in [0.2, 0.25) is 10.9 Å². The Morgan fingerprint density at radius 1 is 1.10 bits per heavy atom. The van der Waals surface area contributed by atoms with Crippen molar-refractivity contribution in [1.29, 1.82) is 0 Å². The van der Waals surface area contributed by atoms with E-state index < -0.39 is 10.0 Å². The maximum Gasteiger partial charge on any atom is 0.264 e. The highest BCUT2D eigenvalue weighted by molar-refractivity contribution is 7.92. The number of aryl methyl sites for hydroxylation is 2. The van der Waals surface area contributed by atoms with Crippen LogP contribution in [0.3, 0.4) is 0 Å². The van der Waals surface area contributed by atoms with Crippen LogP contribution in [0.15, 0.2) is 52.7 Å². The fourth-order valence-corrected chi connectivity index (χ4v) is 5.12. The number of hydrogen-bond donors (Lipinski definition) is 2. The molecule has 0 fully saturated rings. The van der Waals surface area contributed by atoms with Gasteiger partial charge < -0.3 is 5.32 Å². The molecule has 0 saturated carbocycles. The first-order chi connectivity index (χ1) is 14.2. The highest BCUT2D eigenvalue weighted by Gasteiger charge is 2.20. The van der Waals surface area contributed by atoms with Gasteiger partial charge in [-0.1, -0.05) is 29.8 Å². The average molecular weight is 442 g/mol. The smallest absolute Gasteiger partial charge is 0.264 e. The Morgan fingerprint density at radius 3 is 2.50 bits per heavy atom. The summed E-state index contributed by atoms with van der Waals surface area (Å²) in [6.07, 6.45) is 0. The van der Waals surface area contributed by atoms with Crippen LogP contribution in [-0.4, -0.2) is 28.9 Å². The molecule has 154 valence electrons. The van der Waals surface area contributed by atoms with Crippen LogP contribution < -0.4 is 10.0 Å². The number of hydrogen-bond acceptors (Lipinski definition) is 6. The molecule has 0 atom stereocenters. The number of aromatic nitrogens is 3. The standard InChI is InChI=1S/C20H19N5O3S2/c1-12-4-9-18(13(2)10-12)30(27,28)24-19-22-20-25(23-19)17(11-29-20)15-5-7-16(8-6-15)21-14(3)26/h4-11H,1-3H3,(H,21,26)(H,23,24). The molecule has 2 aromatic carbocycles. The number of nitrogens with one attached hydrogen (secondary N) is 2. The summed E-state index contributed by atoms with van der Waals surface area (Å²) in [5.74, 6) is -0.129. The van der Waals surface area contributed by atoms with Gasteiger partial charge in [0.15, 0.2) is 0 Å². The molecule has 10 heteroatoms. The summed E-state index contributed by atoms with van der Waals surface area (Å²) in [6, 6.07) is 12.4. The number of thiazole rings is 1. The monoisotopic (exact) mass is 441 g/mol. The van der Waals surface area contributed by atoms with Crippen molar-refractivity contribution in [1.82, 2.24) is 14.6 Å². The Hall–Kier alpha value is -3.24. The van der Waals surface area contributed by atoms with Gasteiger partial charge in [0.25, 0.3) is 16.0 Å². The minimum absolute atomic E-state index is 0.0120. The zero-order valence-corrected chi connectivity index (χ0v) is 18.1. The van der Waals surface area contributed by atoms with E-state index in [0.717, 1.165) is 16.8 Å². The first-order valence-electron chi connectivity index (χ1n) is 9.05. The summed E-state index contributed by atoms with van der Waals surface area (Å²) >= 11 is 1.36. The van der Waals surface area contributed by atoms with Crippen LogP contribution in [0.1, 0.15) is 18.1 Å². The quantitative estimate of drug-likeness (QED) is 0.490. The number of carbonyl (C=O) groups excluding carboxylic acids is 1. The Morgan fingerprint density at radius 2 is 1.83 bits per heavy atom. The minimum atomic E-state index is -3.80. The summed E-state index contributed by atoms with van der Waals surface area (Å²) in [7, 11) is -3.80. The van der Waals surface area contributed by atoms with Crippen LogP contribution in [-0.2, 0) is 14.8 Å². The third-order valence-corrected chi connectivity index (χ3v) is 6.73. The second-order valence-electron chi connectivity index (χ2n) is 6.88.